The highest BCUT2D eigenvalue weighted by Gasteiger charge is 2.08. The molecule has 0 aliphatic rings. The molecule has 0 aromatic heterocycles. The second kappa shape index (κ2) is 9.17. The molecule has 0 fully saturated rings. The number of esters is 1. The fourth-order valence-corrected chi connectivity index (χ4v) is 1.59. The van der Waals surface area contributed by atoms with Crippen molar-refractivity contribution in [2.24, 2.45) is 4.99 Å². The maximum absolute atomic E-state index is 11.7. The zero-order valence-corrected chi connectivity index (χ0v) is 13.0. The number of rotatable bonds is 7. The number of hydrogen-bond donors (Lipinski definition) is 1. The number of amides is 1. The fraction of sp³-hybridized carbons (Fsp3) is 0.312. The van der Waals surface area contributed by atoms with Gasteiger partial charge in [0.2, 0.25) is 6.08 Å². The van der Waals surface area contributed by atoms with Gasteiger partial charge in [-0.25, -0.2) is 14.4 Å². The van der Waals surface area contributed by atoms with Gasteiger partial charge in [0.05, 0.1) is 18.9 Å². The summed E-state index contributed by atoms with van der Waals surface area (Å²) >= 11 is 0. The molecule has 0 saturated heterocycles. The van der Waals surface area contributed by atoms with Gasteiger partial charge in [0.1, 0.15) is 0 Å². The van der Waals surface area contributed by atoms with Gasteiger partial charge in [-0.05, 0) is 31.5 Å². The summed E-state index contributed by atoms with van der Waals surface area (Å²) in [5, 5.41) is 2.55. The van der Waals surface area contributed by atoms with Gasteiger partial charge in [-0.1, -0.05) is 12.6 Å². The lowest BCUT2D eigenvalue weighted by Gasteiger charge is -2.10. The van der Waals surface area contributed by atoms with Gasteiger partial charge in [-0.3, -0.25) is 5.32 Å². The number of ether oxygens (including phenoxy) is 2. The Balaban J connectivity index is 2.40. The van der Waals surface area contributed by atoms with Crippen LogP contribution in [0.2, 0.25) is 0 Å². The third kappa shape index (κ3) is 6.15. The zero-order valence-electron chi connectivity index (χ0n) is 13.0. The van der Waals surface area contributed by atoms with E-state index in [-0.39, 0.29) is 13.2 Å². The van der Waals surface area contributed by atoms with Crippen molar-refractivity contribution in [2.75, 3.05) is 18.5 Å². The number of carbonyl (C=O) groups is 2. The van der Waals surface area contributed by atoms with E-state index < -0.39 is 12.1 Å². The number of hydrogen-bond acceptors (Lipinski definition) is 6. The van der Waals surface area contributed by atoms with Crippen molar-refractivity contribution in [3.8, 4) is 0 Å². The van der Waals surface area contributed by atoms with Crippen LogP contribution in [0.3, 0.4) is 0 Å². The molecular formula is C16H18N2O5. The highest BCUT2D eigenvalue weighted by Crippen LogP contribution is 2.25. The van der Waals surface area contributed by atoms with Crippen molar-refractivity contribution in [3.05, 3.63) is 35.9 Å². The first-order valence-corrected chi connectivity index (χ1v) is 6.89. The van der Waals surface area contributed by atoms with E-state index >= 15 is 0 Å². The molecule has 0 aliphatic heterocycles. The molecule has 7 nitrogen and oxygen atoms in total. The van der Waals surface area contributed by atoms with E-state index in [0.717, 1.165) is 0 Å². The van der Waals surface area contributed by atoms with Gasteiger partial charge in [0, 0.05) is 17.7 Å². The average Bonchev–Trinajstić information content (AvgIpc) is 2.50. The summed E-state index contributed by atoms with van der Waals surface area (Å²) in [6, 6.07) is 4.94. The molecule has 1 amide bonds. The Labute approximate surface area is 134 Å². The number of benzene rings is 1. The van der Waals surface area contributed by atoms with Crippen LogP contribution in [0.4, 0.5) is 16.2 Å². The first-order chi connectivity index (χ1) is 11.0. The minimum Gasteiger partial charge on any atom is -0.462 e. The molecule has 23 heavy (non-hydrogen) atoms. The standard InChI is InChI=1S/C16H18N2O5/c1-11(2)15(20)22-8-5-9-23-16(21)18-14-7-4-6-13(12(14)3)17-10-19/h4,6-7H,1,5,8-9H2,2-3H3,(H,18,21). The van der Waals surface area contributed by atoms with Crippen LogP contribution in [0, 0.1) is 6.92 Å². The lowest BCUT2D eigenvalue weighted by molar-refractivity contribution is -0.139. The maximum Gasteiger partial charge on any atom is 0.411 e. The van der Waals surface area contributed by atoms with E-state index in [9.17, 15) is 14.4 Å². The molecule has 7 heteroatoms. The number of nitrogens with zero attached hydrogens (tertiary/aromatic N) is 1. The van der Waals surface area contributed by atoms with Crippen molar-refractivity contribution in [1.29, 1.82) is 0 Å². The largest absolute Gasteiger partial charge is 0.462 e. The Morgan fingerprint density at radius 2 is 2.00 bits per heavy atom. The Hall–Kier alpha value is -2.92. The van der Waals surface area contributed by atoms with E-state index in [1.807, 2.05) is 0 Å². The highest BCUT2D eigenvalue weighted by molar-refractivity contribution is 5.87. The molecular weight excluding hydrogens is 300 g/mol. The van der Waals surface area contributed by atoms with Crippen LogP contribution in [0.25, 0.3) is 0 Å². The lowest BCUT2D eigenvalue weighted by Crippen LogP contribution is -2.16. The smallest absolute Gasteiger partial charge is 0.411 e. The fourth-order valence-electron chi connectivity index (χ4n) is 1.59. The Morgan fingerprint density at radius 3 is 2.65 bits per heavy atom. The summed E-state index contributed by atoms with van der Waals surface area (Å²) in [5.41, 5.74) is 1.85. The Bertz CT molecular complexity index is 648. The predicted octanol–water partition coefficient (Wildman–Crippen LogP) is 3.02. The first-order valence-electron chi connectivity index (χ1n) is 6.89. The van der Waals surface area contributed by atoms with Crippen LogP contribution in [0.15, 0.2) is 35.3 Å². The molecule has 0 atom stereocenters. The summed E-state index contributed by atoms with van der Waals surface area (Å²) in [4.78, 5) is 36.6. The molecule has 1 aromatic carbocycles. The van der Waals surface area contributed by atoms with Gasteiger partial charge in [-0.2, -0.15) is 4.99 Å². The van der Waals surface area contributed by atoms with Gasteiger partial charge in [-0.15, -0.1) is 0 Å². The summed E-state index contributed by atoms with van der Waals surface area (Å²) in [7, 11) is 0. The van der Waals surface area contributed by atoms with Crippen molar-refractivity contribution in [2.45, 2.75) is 20.3 Å². The van der Waals surface area contributed by atoms with Gasteiger partial charge in [0.25, 0.3) is 0 Å². The van der Waals surface area contributed by atoms with Gasteiger partial charge < -0.3 is 9.47 Å². The zero-order chi connectivity index (χ0) is 17.2. The van der Waals surface area contributed by atoms with Crippen molar-refractivity contribution in [3.63, 3.8) is 0 Å². The van der Waals surface area contributed by atoms with Crippen LogP contribution in [-0.4, -0.2) is 31.4 Å². The van der Waals surface area contributed by atoms with Crippen LogP contribution in [0.1, 0.15) is 18.9 Å². The molecule has 0 aliphatic carbocycles. The summed E-state index contributed by atoms with van der Waals surface area (Å²) in [5.74, 6) is -0.474. The number of aliphatic imine (C=N–C) groups is 1. The van der Waals surface area contributed by atoms with Crippen LogP contribution < -0.4 is 5.32 Å². The van der Waals surface area contributed by atoms with E-state index in [2.05, 4.69) is 16.9 Å². The second-order valence-electron chi connectivity index (χ2n) is 4.68. The number of anilines is 1. The normalized spacial score (nSPS) is 9.48. The minimum atomic E-state index is -0.647. The Kier molecular flexibility index (Phi) is 7.23. The summed E-state index contributed by atoms with van der Waals surface area (Å²) in [6.07, 6.45) is 1.18. The predicted molar refractivity (Wildman–Crippen MR) is 84.3 cm³/mol. The minimum absolute atomic E-state index is 0.0978. The number of isocyanates is 1. The second-order valence-corrected chi connectivity index (χ2v) is 4.68. The van der Waals surface area contributed by atoms with E-state index in [4.69, 9.17) is 9.47 Å². The van der Waals surface area contributed by atoms with E-state index in [1.165, 1.54) is 6.08 Å². The average molecular weight is 318 g/mol. The molecule has 122 valence electrons. The van der Waals surface area contributed by atoms with E-state index in [1.54, 1.807) is 32.0 Å². The Morgan fingerprint density at radius 1 is 1.30 bits per heavy atom. The molecule has 0 bridgehead atoms. The third-order valence-electron chi connectivity index (χ3n) is 2.81. The van der Waals surface area contributed by atoms with Gasteiger partial charge >= 0.3 is 12.1 Å². The molecule has 0 unspecified atom stereocenters. The topological polar surface area (TPSA) is 94.1 Å². The molecule has 0 heterocycles. The maximum atomic E-state index is 11.7. The SMILES string of the molecule is C=C(C)C(=O)OCCCOC(=O)Nc1cccc(N=C=O)c1C. The van der Waals surface area contributed by atoms with Crippen molar-refractivity contribution < 1.29 is 23.9 Å². The van der Waals surface area contributed by atoms with Gasteiger partial charge in [0.15, 0.2) is 0 Å². The molecule has 1 rings (SSSR count). The van der Waals surface area contributed by atoms with Crippen LogP contribution >= 0.6 is 0 Å². The third-order valence-corrected chi connectivity index (χ3v) is 2.81. The molecule has 0 radical (unpaired) electrons. The molecule has 1 aromatic rings. The van der Waals surface area contributed by atoms with Crippen LogP contribution in [0.5, 0.6) is 0 Å². The lowest BCUT2D eigenvalue weighted by atomic mass is 10.1. The highest BCUT2D eigenvalue weighted by atomic mass is 16.6. The molecule has 0 spiro atoms. The van der Waals surface area contributed by atoms with Crippen molar-refractivity contribution in [1.82, 2.24) is 0 Å². The number of carbonyl (C=O) groups excluding carboxylic acids is 3. The first kappa shape index (κ1) is 18.1. The summed E-state index contributed by atoms with van der Waals surface area (Å²) in [6.45, 7) is 6.96. The quantitative estimate of drug-likeness (QED) is 0.274. The molecule has 0 saturated carbocycles. The van der Waals surface area contributed by atoms with Crippen molar-refractivity contribution >= 4 is 29.5 Å². The van der Waals surface area contributed by atoms with E-state index in [0.29, 0.717) is 28.9 Å². The molecule has 1 N–H and O–H groups in total. The van der Waals surface area contributed by atoms with Crippen LogP contribution in [-0.2, 0) is 19.1 Å². The number of nitrogens with one attached hydrogen (secondary N) is 1. The summed E-state index contributed by atoms with van der Waals surface area (Å²) < 4.78 is 9.84. The monoisotopic (exact) mass is 318 g/mol.